The van der Waals surface area contributed by atoms with Gasteiger partial charge in [-0.15, -0.1) is 0 Å². The Morgan fingerprint density at radius 1 is 1.17 bits per heavy atom. The molecule has 24 heavy (non-hydrogen) atoms. The molecule has 4 amide bonds. The standard InChI is InChI=1S/C15H15N3O4.C2H6/c1-2-16-9-5-3-4-8-12(9)15(22)18(14(8)21)10-6-7-11(19)17-13(10)20;1-2/h3-5,10,16H,2,6-7H2,1H3,(H,17,19,20);1-2H3. The zero-order valence-electron chi connectivity index (χ0n) is 14.0. The zero-order chi connectivity index (χ0) is 17.9. The van der Waals surface area contributed by atoms with Crippen LogP contribution in [-0.2, 0) is 9.59 Å². The Balaban J connectivity index is 0.00000100. The van der Waals surface area contributed by atoms with Gasteiger partial charge in [-0.3, -0.25) is 29.4 Å². The second-order valence-corrected chi connectivity index (χ2v) is 5.21. The molecule has 1 unspecified atom stereocenters. The third kappa shape index (κ3) is 2.89. The summed E-state index contributed by atoms with van der Waals surface area (Å²) in [7, 11) is 0. The van der Waals surface area contributed by atoms with Gasteiger partial charge in [0.2, 0.25) is 11.8 Å². The molecule has 3 rings (SSSR count). The molecule has 2 aliphatic heterocycles. The number of nitrogens with one attached hydrogen (secondary N) is 2. The molecular weight excluding hydrogens is 310 g/mol. The van der Waals surface area contributed by atoms with Crippen molar-refractivity contribution in [3.05, 3.63) is 29.3 Å². The first-order chi connectivity index (χ1) is 11.5. The summed E-state index contributed by atoms with van der Waals surface area (Å²) in [6.07, 6.45) is 0.274. The number of benzene rings is 1. The fraction of sp³-hybridized carbons (Fsp3) is 0.412. The molecule has 128 valence electrons. The first kappa shape index (κ1) is 17.7. The Bertz CT molecular complexity index is 699. The predicted molar refractivity (Wildman–Crippen MR) is 88.6 cm³/mol. The van der Waals surface area contributed by atoms with Crippen molar-refractivity contribution >= 4 is 29.3 Å². The first-order valence-electron chi connectivity index (χ1n) is 8.13. The summed E-state index contributed by atoms with van der Waals surface area (Å²) in [6, 6.07) is 4.05. The molecule has 0 aromatic heterocycles. The largest absolute Gasteiger partial charge is 0.385 e. The summed E-state index contributed by atoms with van der Waals surface area (Å²) in [4.78, 5) is 49.3. The van der Waals surface area contributed by atoms with E-state index < -0.39 is 23.8 Å². The average Bonchev–Trinajstić information content (AvgIpc) is 2.83. The van der Waals surface area contributed by atoms with Crippen LogP contribution in [0.5, 0.6) is 0 Å². The number of nitrogens with zero attached hydrogens (tertiary/aromatic N) is 1. The number of fused-ring (bicyclic) bond motifs is 1. The molecular formula is C17H21N3O4. The van der Waals surface area contributed by atoms with Crippen molar-refractivity contribution in [2.75, 3.05) is 11.9 Å². The van der Waals surface area contributed by atoms with Gasteiger partial charge in [0.1, 0.15) is 6.04 Å². The van der Waals surface area contributed by atoms with E-state index in [4.69, 9.17) is 0 Å². The topological polar surface area (TPSA) is 95.6 Å². The lowest BCUT2D eigenvalue weighted by atomic mass is 10.0. The summed E-state index contributed by atoms with van der Waals surface area (Å²) in [5, 5.41) is 5.22. The van der Waals surface area contributed by atoms with Crippen LogP contribution in [0.15, 0.2) is 18.2 Å². The maximum atomic E-state index is 12.6. The second kappa shape index (κ2) is 7.25. The number of hydrogen-bond acceptors (Lipinski definition) is 5. The van der Waals surface area contributed by atoms with Crippen molar-refractivity contribution in [1.29, 1.82) is 0 Å². The molecule has 1 atom stereocenters. The predicted octanol–water partition coefficient (Wildman–Crippen LogP) is 1.55. The van der Waals surface area contributed by atoms with E-state index in [1.54, 1.807) is 18.2 Å². The third-order valence-corrected chi connectivity index (χ3v) is 3.84. The van der Waals surface area contributed by atoms with E-state index in [9.17, 15) is 19.2 Å². The molecule has 1 saturated heterocycles. The molecule has 1 fully saturated rings. The minimum atomic E-state index is -0.931. The molecule has 0 bridgehead atoms. The van der Waals surface area contributed by atoms with Crippen LogP contribution in [0.25, 0.3) is 0 Å². The first-order valence-corrected chi connectivity index (χ1v) is 8.13. The quantitative estimate of drug-likeness (QED) is 0.819. The monoisotopic (exact) mass is 331 g/mol. The molecule has 7 nitrogen and oxygen atoms in total. The maximum absolute atomic E-state index is 12.6. The highest BCUT2D eigenvalue weighted by molar-refractivity contribution is 6.25. The van der Waals surface area contributed by atoms with Crippen LogP contribution >= 0.6 is 0 Å². The fourth-order valence-electron chi connectivity index (χ4n) is 2.85. The highest BCUT2D eigenvalue weighted by atomic mass is 16.2. The Kier molecular flexibility index (Phi) is 5.33. The highest BCUT2D eigenvalue weighted by Crippen LogP contribution is 2.32. The van der Waals surface area contributed by atoms with Gasteiger partial charge < -0.3 is 5.32 Å². The van der Waals surface area contributed by atoms with Crippen molar-refractivity contribution in [2.45, 2.75) is 39.7 Å². The van der Waals surface area contributed by atoms with E-state index >= 15 is 0 Å². The van der Waals surface area contributed by atoms with Gasteiger partial charge in [0, 0.05) is 18.7 Å². The van der Waals surface area contributed by atoms with E-state index in [-0.39, 0.29) is 24.3 Å². The molecule has 0 spiro atoms. The molecule has 1 aromatic carbocycles. The van der Waals surface area contributed by atoms with Crippen molar-refractivity contribution in [3.63, 3.8) is 0 Å². The van der Waals surface area contributed by atoms with Gasteiger partial charge in [-0.25, -0.2) is 0 Å². The number of rotatable bonds is 3. The van der Waals surface area contributed by atoms with E-state index in [1.807, 2.05) is 20.8 Å². The number of hydrogen-bond donors (Lipinski definition) is 2. The van der Waals surface area contributed by atoms with Crippen LogP contribution in [0.1, 0.15) is 54.3 Å². The van der Waals surface area contributed by atoms with E-state index in [0.717, 1.165) is 4.90 Å². The van der Waals surface area contributed by atoms with E-state index in [0.29, 0.717) is 17.8 Å². The minimum absolute atomic E-state index is 0.115. The summed E-state index contributed by atoms with van der Waals surface area (Å²) < 4.78 is 0. The number of carbonyl (C=O) groups is 4. The Morgan fingerprint density at radius 3 is 2.50 bits per heavy atom. The number of imide groups is 2. The maximum Gasteiger partial charge on any atom is 0.264 e. The normalized spacial score (nSPS) is 19.5. The molecule has 1 aromatic rings. The van der Waals surface area contributed by atoms with Crippen LogP contribution < -0.4 is 10.6 Å². The van der Waals surface area contributed by atoms with Gasteiger partial charge in [0.15, 0.2) is 0 Å². The zero-order valence-corrected chi connectivity index (χ0v) is 14.0. The molecule has 2 N–H and O–H groups in total. The second-order valence-electron chi connectivity index (χ2n) is 5.21. The van der Waals surface area contributed by atoms with Crippen molar-refractivity contribution in [2.24, 2.45) is 0 Å². The number of anilines is 1. The van der Waals surface area contributed by atoms with Crippen LogP contribution in [0, 0.1) is 0 Å². The van der Waals surface area contributed by atoms with Gasteiger partial charge in [-0.1, -0.05) is 19.9 Å². The Labute approximate surface area is 140 Å². The van der Waals surface area contributed by atoms with Crippen molar-refractivity contribution in [3.8, 4) is 0 Å². The smallest absolute Gasteiger partial charge is 0.264 e. The van der Waals surface area contributed by atoms with Gasteiger partial charge in [0.05, 0.1) is 11.1 Å². The lowest BCUT2D eigenvalue weighted by Crippen LogP contribution is -2.54. The van der Waals surface area contributed by atoms with Gasteiger partial charge in [-0.2, -0.15) is 0 Å². The molecule has 0 aliphatic carbocycles. The van der Waals surface area contributed by atoms with Crippen LogP contribution in [0.3, 0.4) is 0 Å². The van der Waals surface area contributed by atoms with Crippen LogP contribution in [0.4, 0.5) is 5.69 Å². The lowest BCUT2D eigenvalue weighted by molar-refractivity contribution is -0.136. The Morgan fingerprint density at radius 2 is 1.88 bits per heavy atom. The van der Waals surface area contributed by atoms with Crippen molar-refractivity contribution in [1.82, 2.24) is 10.2 Å². The SMILES string of the molecule is CC.CCNc1cccc2c1C(=O)N(C1CCC(=O)NC1=O)C2=O. The van der Waals surface area contributed by atoms with E-state index in [1.165, 1.54) is 0 Å². The van der Waals surface area contributed by atoms with Crippen LogP contribution in [0.2, 0.25) is 0 Å². The Hall–Kier alpha value is -2.70. The molecule has 2 aliphatic rings. The van der Waals surface area contributed by atoms with Gasteiger partial charge in [0.25, 0.3) is 11.8 Å². The number of piperidine rings is 1. The molecule has 0 radical (unpaired) electrons. The van der Waals surface area contributed by atoms with E-state index in [2.05, 4.69) is 10.6 Å². The lowest BCUT2D eigenvalue weighted by Gasteiger charge is -2.27. The highest BCUT2D eigenvalue weighted by Gasteiger charge is 2.45. The fourth-order valence-corrected chi connectivity index (χ4v) is 2.85. The molecule has 2 heterocycles. The third-order valence-electron chi connectivity index (χ3n) is 3.84. The summed E-state index contributed by atoms with van der Waals surface area (Å²) in [5.41, 5.74) is 1.15. The number of carbonyl (C=O) groups excluding carboxylic acids is 4. The summed E-state index contributed by atoms with van der Waals surface area (Å²) in [6.45, 7) is 6.49. The summed E-state index contributed by atoms with van der Waals surface area (Å²) >= 11 is 0. The van der Waals surface area contributed by atoms with Gasteiger partial charge >= 0.3 is 0 Å². The minimum Gasteiger partial charge on any atom is -0.385 e. The van der Waals surface area contributed by atoms with Crippen molar-refractivity contribution < 1.29 is 19.2 Å². The average molecular weight is 331 g/mol. The molecule has 0 saturated carbocycles. The summed E-state index contributed by atoms with van der Waals surface area (Å²) in [5.74, 6) is -1.97. The van der Waals surface area contributed by atoms with Gasteiger partial charge in [-0.05, 0) is 25.5 Å². The molecule has 7 heteroatoms. The van der Waals surface area contributed by atoms with Crippen LogP contribution in [-0.4, -0.2) is 41.1 Å². The number of amides is 4.